The van der Waals surface area contributed by atoms with Crippen LogP contribution < -0.4 is 15.4 Å². The molecule has 2 aliphatic rings. The van der Waals surface area contributed by atoms with Crippen molar-refractivity contribution in [3.05, 3.63) is 24.3 Å². The van der Waals surface area contributed by atoms with Gasteiger partial charge in [0.2, 0.25) is 10.0 Å². The maximum atomic E-state index is 12.1. The second-order valence-electron chi connectivity index (χ2n) is 5.74. The van der Waals surface area contributed by atoms with E-state index in [1.165, 1.54) is 0 Å². The molecule has 0 spiro atoms. The Hall–Kier alpha value is -1.11. The first-order valence-electron chi connectivity index (χ1n) is 7.17. The SMILES string of the molecule is N[C@@H]1CCCN(c2ccc(S(=O)(=O)NC3CC3)cc2)C1. The minimum absolute atomic E-state index is 0.139. The molecule has 1 aromatic carbocycles. The minimum atomic E-state index is -3.35. The molecule has 1 saturated heterocycles. The minimum Gasteiger partial charge on any atom is -0.370 e. The van der Waals surface area contributed by atoms with E-state index in [1.807, 2.05) is 12.1 Å². The Labute approximate surface area is 120 Å². The average molecular weight is 295 g/mol. The molecule has 5 nitrogen and oxygen atoms in total. The molecule has 0 aromatic heterocycles. The first kappa shape index (κ1) is 13.9. The topological polar surface area (TPSA) is 75.4 Å². The number of hydrogen-bond acceptors (Lipinski definition) is 4. The van der Waals surface area contributed by atoms with Crippen LogP contribution in [-0.2, 0) is 10.0 Å². The highest BCUT2D eigenvalue weighted by Crippen LogP contribution is 2.24. The summed E-state index contributed by atoms with van der Waals surface area (Å²) in [6.45, 7) is 1.83. The van der Waals surface area contributed by atoms with Crippen molar-refractivity contribution in [3.8, 4) is 0 Å². The Kier molecular flexibility index (Phi) is 3.70. The van der Waals surface area contributed by atoms with Crippen molar-refractivity contribution in [1.29, 1.82) is 0 Å². The molecule has 1 aliphatic carbocycles. The first-order chi connectivity index (χ1) is 9.54. The number of anilines is 1. The monoisotopic (exact) mass is 295 g/mol. The lowest BCUT2D eigenvalue weighted by Gasteiger charge is -2.32. The zero-order valence-electron chi connectivity index (χ0n) is 11.5. The number of rotatable bonds is 4. The third kappa shape index (κ3) is 3.13. The molecule has 1 aromatic rings. The second-order valence-corrected chi connectivity index (χ2v) is 7.45. The maximum Gasteiger partial charge on any atom is 0.240 e. The molecule has 1 atom stereocenters. The van der Waals surface area contributed by atoms with E-state index >= 15 is 0 Å². The van der Waals surface area contributed by atoms with Gasteiger partial charge in [-0.05, 0) is 49.9 Å². The van der Waals surface area contributed by atoms with Gasteiger partial charge in [-0.15, -0.1) is 0 Å². The summed E-state index contributed by atoms with van der Waals surface area (Å²) in [7, 11) is -3.35. The Morgan fingerprint density at radius 1 is 1.15 bits per heavy atom. The Morgan fingerprint density at radius 3 is 2.45 bits per heavy atom. The third-order valence-electron chi connectivity index (χ3n) is 3.87. The average Bonchev–Trinajstić information content (AvgIpc) is 3.22. The van der Waals surface area contributed by atoms with Crippen LogP contribution in [0.15, 0.2) is 29.2 Å². The molecule has 3 rings (SSSR count). The molecule has 20 heavy (non-hydrogen) atoms. The predicted octanol–water partition coefficient (Wildman–Crippen LogP) is 1.05. The van der Waals surface area contributed by atoms with Gasteiger partial charge in [0.05, 0.1) is 4.90 Å². The Balaban J connectivity index is 1.73. The van der Waals surface area contributed by atoms with E-state index in [1.54, 1.807) is 12.1 Å². The molecule has 6 heteroatoms. The van der Waals surface area contributed by atoms with E-state index in [-0.39, 0.29) is 12.1 Å². The predicted molar refractivity (Wildman–Crippen MR) is 79.2 cm³/mol. The second kappa shape index (κ2) is 5.35. The molecule has 1 saturated carbocycles. The third-order valence-corrected chi connectivity index (χ3v) is 5.41. The van der Waals surface area contributed by atoms with E-state index in [4.69, 9.17) is 5.73 Å². The van der Waals surface area contributed by atoms with Gasteiger partial charge in [0.25, 0.3) is 0 Å². The van der Waals surface area contributed by atoms with Gasteiger partial charge in [0.1, 0.15) is 0 Å². The molecule has 0 radical (unpaired) electrons. The van der Waals surface area contributed by atoms with Gasteiger partial charge in [-0.2, -0.15) is 0 Å². The van der Waals surface area contributed by atoms with Crippen molar-refractivity contribution >= 4 is 15.7 Å². The summed E-state index contributed by atoms with van der Waals surface area (Å²) >= 11 is 0. The molecule has 0 unspecified atom stereocenters. The van der Waals surface area contributed by atoms with Crippen LogP contribution in [0.1, 0.15) is 25.7 Å². The van der Waals surface area contributed by atoms with E-state index in [9.17, 15) is 8.42 Å². The number of benzene rings is 1. The molecule has 0 amide bonds. The lowest BCUT2D eigenvalue weighted by atomic mass is 10.1. The van der Waals surface area contributed by atoms with E-state index in [0.29, 0.717) is 4.90 Å². The van der Waals surface area contributed by atoms with Gasteiger partial charge < -0.3 is 10.6 Å². The lowest BCUT2D eigenvalue weighted by Crippen LogP contribution is -2.42. The molecule has 0 bridgehead atoms. The van der Waals surface area contributed by atoms with Crippen molar-refractivity contribution in [3.63, 3.8) is 0 Å². The van der Waals surface area contributed by atoms with Crippen LogP contribution in [0.25, 0.3) is 0 Å². The molecule has 3 N–H and O–H groups in total. The summed E-state index contributed by atoms with van der Waals surface area (Å²) in [6.07, 6.45) is 4.05. The zero-order chi connectivity index (χ0) is 14.2. The van der Waals surface area contributed by atoms with Gasteiger partial charge in [-0.1, -0.05) is 0 Å². The van der Waals surface area contributed by atoms with Gasteiger partial charge in [0.15, 0.2) is 0 Å². The number of hydrogen-bond donors (Lipinski definition) is 2. The van der Waals surface area contributed by atoms with Crippen molar-refractivity contribution in [2.75, 3.05) is 18.0 Å². The standard InChI is InChI=1S/C14H21N3O2S/c15-11-2-1-9-17(10-11)13-5-7-14(8-6-13)20(18,19)16-12-3-4-12/h5-8,11-12,16H,1-4,9-10,15H2/t11-/m1/s1. The summed E-state index contributed by atoms with van der Waals surface area (Å²) in [5.74, 6) is 0. The number of nitrogens with two attached hydrogens (primary N) is 1. The van der Waals surface area contributed by atoms with Crippen molar-refractivity contribution in [2.45, 2.75) is 42.7 Å². The van der Waals surface area contributed by atoms with Gasteiger partial charge in [-0.25, -0.2) is 13.1 Å². The van der Waals surface area contributed by atoms with Crippen LogP contribution in [0.2, 0.25) is 0 Å². The smallest absolute Gasteiger partial charge is 0.240 e. The normalized spacial score (nSPS) is 23.9. The maximum absolute atomic E-state index is 12.1. The summed E-state index contributed by atoms with van der Waals surface area (Å²) in [6, 6.07) is 7.46. The van der Waals surface area contributed by atoms with E-state index < -0.39 is 10.0 Å². The summed E-state index contributed by atoms with van der Waals surface area (Å²) < 4.78 is 26.8. The summed E-state index contributed by atoms with van der Waals surface area (Å²) in [4.78, 5) is 2.56. The van der Waals surface area contributed by atoms with Crippen molar-refractivity contribution in [1.82, 2.24) is 4.72 Å². The van der Waals surface area contributed by atoms with Crippen LogP contribution >= 0.6 is 0 Å². The van der Waals surface area contributed by atoms with Crippen LogP contribution in [0, 0.1) is 0 Å². The van der Waals surface area contributed by atoms with Gasteiger partial charge >= 0.3 is 0 Å². The zero-order valence-corrected chi connectivity index (χ0v) is 12.3. The number of piperidine rings is 1. The van der Waals surface area contributed by atoms with Gasteiger partial charge in [-0.3, -0.25) is 0 Å². The highest BCUT2D eigenvalue weighted by Gasteiger charge is 2.28. The highest BCUT2D eigenvalue weighted by molar-refractivity contribution is 7.89. The molecular formula is C14H21N3O2S. The fourth-order valence-corrected chi connectivity index (χ4v) is 3.87. The fourth-order valence-electron chi connectivity index (χ4n) is 2.57. The number of sulfonamides is 1. The van der Waals surface area contributed by atoms with Crippen LogP contribution in [0.5, 0.6) is 0 Å². The summed E-state index contributed by atoms with van der Waals surface area (Å²) in [5.41, 5.74) is 7.02. The van der Waals surface area contributed by atoms with Crippen molar-refractivity contribution in [2.24, 2.45) is 5.73 Å². The van der Waals surface area contributed by atoms with Crippen molar-refractivity contribution < 1.29 is 8.42 Å². The Bertz CT molecular complexity index is 567. The molecule has 2 fully saturated rings. The fraction of sp³-hybridized carbons (Fsp3) is 0.571. The quantitative estimate of drug-likeness (QED) is 0.871. The summed E-state index contributed by atoms with van der Waals surface area (Å²) in [5, 5.41) is 0. The van der Waals surface area contributed by atoms with Crippen LogP contribution in [-0.4, -0.2) is 33.6 Å². The molecular weight excluding hydrogens is 274 g/mol. The Morgan fingerprint density at radius 2 is 1.85 bits per heavy atom. The van der Waals surface area contributed by atoms with E-state index in [2.05, 4.69) is 9.62 Å². The largest absolute Gasteiger partial charge is 0.370 e. The van der Waals surface area contributed by atoms with Crippen LogP contribution in [0.3, 0.4) is 0 Å². The first-order valence-corrected chi connectivity index (χ1v) is 8.66. The number of nitrogens with one attached hydrogen (secondary N) is 1. The van der Waals surface area contributed by atoms with Crippen LogP contribution in [0.4, 0.5) is 5.69 Å². The van der Waals surface area contributed by atoms with Gasteiger partial charge in [0, 0.05) is 30.9 Å². The molecule has 1 heterocycles. The molecule has 1 aliphatic heterocycles. The highest BCUT2D eigenvalue weighted by atomic mass is 32.2. The van der Waals surface area contributed by atoms with E-state index in [0.717, 1.165) is 44.5 Å². The molecule has 110 valence electrons. The number of nitrogens with zero attached hydrogens (tertiary/aromatic N) is 1. The lowest BCUT2D eigenvalue weighted by molar-refractivity contribution is 0.506.